The van der Waals surface area contributed by atoms with Gasteiger partial charge < -0.3 is 25.8 Å². The lowest BCUT2D eigenvalue weighted by atomic mass is 9.97. The molecule has 0 bridgehead atoms. The predicted molar refractivity (Wildman–Crippen MR) is 135 cm³/mol. The number of rotatable bonds is 6. The van der Waals surface area contributed by atoms with Gasteiger partial charge >= 0.3 is 12.1 Å². The summed E-state index contributed by atoms with van der Waals surface area (Å²) in [5.74, 6) is -1.95. The summed E-state index contributed by atoms with van der Waals surface area (Å²) in [5, 5.41) is 13.8. The molecule has 4 rings (SSSR count). The summed E-state index contributed by atoms with van der Waals surface area (Å²) >= 11 is 2.68. The highest BCUT2D eigenvalue weighted by Crippen LogP contribution is 2.41. The summed E-state index contributed by atoms with van der Waals surface area (Å²) in [7, 11) is 1.89. The fourth-order valence-corrected chi connectivity index (χ4v) is 5.76. The molecule has 12 nitrogen and oxygen atoms in total. The molecule has 3 aliphatic rings. The summed E-state index contributed by atoms with van der Waals surface area (Å²) in [6, 6.07) is 0. The van der Waals surface area contributed by atoms with E-state index in [0.717, 1.165) is 0 Å². The van der Waals surface area contributed by atoms with E-state index >= 15 is 0 Å². The first-order valence-corrected chi connectivity index (χ1v) is 12.2. The van der Waals surface area contributed by atoms with Crippen molar-refractivity contribution in [2.45, 2.75) is 18.0 Å². The fourth-order valence-electron chi connectivity index (χ4n) is 3.95. The highest BCUT2D eigenvalue weighted by molar-refractivity contribution is 8.00. The molecule has 3 aliphatic heterocycles. The SMILES string of the molecule is CN1CCN(C(=O)OCC2C(=O)N3C(C(=O)O)=CCSC23)C(NC(=O)Cc2csc(N)n2)C1.Cl.Cl. The van der Waals surface area contributed by atoms with E-state index in [9.17, 15) is 24.3 Å². The molecule has 0 radical (unpaired) electrons. The van der Waals surface area contributed by atoms with Gasteiger partial charge in [0, 0.05) is 30.8 Å². The van der Waals surface area contributed by atoms with E-state index in [2.05, 4.69) is 10.3 Å². The number of anilines is 1. The molecule has 2 saturated heterocycles. The van der Waals surface area contributed by atoms with Crippen LogP contribution in [0.4, 0.5) is 9.93 Å². The van der Waals surface area contributed by atoms with Gasteiger partial charge in [-0.15, -0.1) is 47.9 Å². The number of piperazine rings is 1. The largest absolute Gasteiger partial charge is 0.477 e. The maximum atomic E-state index is 12.8. The molecule has 1 aromatic rings. The van der Waals surface area contributed by atoms with Crippen molar-refractivity contribution in [1.29, 1.82) is 0 Å². The number of aliphatic carboxylic acids is 1. The van der Waals surface area contributed by atoms with Crippen LogP contribution >= 0.6 is 47.9 Å². The number of hydrogen-bond donors (Lipinski definition) is 3. The number of carboxylic acids is 1. The van der Waals surface area contributed by atoms with Gasteiger partial charge in [0.25, 0.3) is 0 Å². The van der Waals surface area contributed by atoms with Crippen LogP contribution in [0, 0.1) is 5.92 Å². The molecule has 194 valence electrons. The quantitative estimate of drug-likeness (QED) is 0.411. The van der Waals surface area contributed by atoms with Crippen molar-refractivity contribution in [2.24, 2.45) is 5.92 Å². The number of β-lactam (4-membered cyclic amide) rings is 1. The van der Waals surface area contributed by atoms with Crippen molar-refractivity contribution in [3.8, 4) is 0 Å². The molecule has 3 atom stereocenters. The van der Waals surface area contributed by atoms with Crippen molar-refractivity contribution in [2.75, 3.05) is 44.8 Å². The van der Waals surface area contributed by atoms with E-state index < -0.39 is 24.1 Å². The van der Waals surface area contributed by atoms with Gasteiger partial charge in [-0.2, -0.15) is 0 Å². The van der Waals surface area contributed by atoms with Gasteiger partial charge in [0.2, 0.25) is 11.8 Å². The lowest BCUT2D eigenvalue weighted by Crippen LogP contribution is -2.63. The third-order valence-electron chi connectivity index (χ3n) is 5.62. The summed E-state index contributed by atoms with van der Waals surface area (Å²) < 4.78 is 5.43. The van der Waals surface area contributed by atoms with E-state index in [1.807, 2.05) is 11.9 Å². The minimum absolute atomic E-state index is 0. The second-order valence-electron chi connectivity index (χ2n) is 7.90. The number of nitrogens with one attached hydrogen (secondary N) is 1. The zero-order chi connectivity index (χ0) is 23.7. The van der Waals surface area contributed by atoms with Crippen molar-refractivity contribution < 1.29 is 29.0 Å². The Kier molecular flexibility index (Phi) is 10.0. The number of hydrogen-bond acceptors (Lipinski definition) is 10. The average molecular weight is 569 g/mol. The van der Waals surface area contributed by atoms with Crippen LogP contribution in [0.3, 0.4) is 0 Å². The van der Waals surface area contributed by atoms with E-state index in [0.29, 0.717) is 36.2 Å². The van der Waals surface area contributed by atoms with Crippen LogP contribution in [-0.4, -0.2) is 99.2 Å². The van der Waals surface area contributed by atoms with Gasteiger partial charge in [-0.1, -0.05) is 0 Å². The number of fused-ring (bicyclic) bond motifs is 1. The first-order valence-electron chi connectivity index (χ1n) is 10.2. The Morgan fingerprint density at radius 2 is 2.06 bits per heavy atom. The number of nitrogen functional groups attached to an aromatic ring is 1. The summed E-state index contributed by atoms with van der Waals surface area (Å²) in [6.45, 7) is 1.22. The molecular formula is C19H26Cl2N6O6S2. The van der Waals surface area contributed by atoms with Crippen molar-refractivity contribution in [1.82, 2.24) is 25.0 Å². The second-order valence-corrected chi connectivity index (χ2v) is 9.94. The zero-order valence-electron chi connectivity index (χ0n) is 18.6. The summed E-state index contributed by atoms with van der Waals surface area (Å²) in [6.07, 6.45) is 0.314. The molecule has 0 spiro atoms. The molecule has 0 aliphatic carbocycles. The lowest BCUT2D eigenvalue weighted by molar-refractivity contribution is -0.154. The standard InChI is InChI=1S/C19H24N6O6S2.2ClH/c1-23-3-4-24(13(7-23)22-14(26)6-10-9-33-18(20)21-10)19(30)31-8-11-15(27)25-12(17(28)29)2-5-32-16(11)25;;/h2,9,11,13,16H,3-8H2,1H3,(H2,20,21)(H,22,26)(H,28,29);2*1H. The number of aromatic nitrogens is 1. The number of carboxylic acid groups (broad SMARTS) is 1. The molecule has 2 fully saturated rings. The smallest absolute Gasteiger partial charge is 0.411 e. The number of nitrogens with zero attached hydrogens (tertiary/aromatic N) is 4. The van der Waals surface area contributed by atoms with E-state index in [4.69, 9.17) is 10.5 Å². The van der Waals surface area contributed by atoms with Crippen LogP contribution in [0.25, 0.3) is 0 Å². The van der Waals surface area contributed by atoms with Crippen LogP contribution in [0.5, 0.6) is 0 Å². The third kappa shape index (κ3) is 6.30. The molecule has 0 aromatic carbocycles. The first-order chi connectivity index (χ1) is 15.7. The number of ether oxygens (including phenoxy) is 1. The monoisotopic (exact) mass is 568 g/mol. The Hall–Kier alpha value is -2.26. The van der Waals surface area contributed by atoms with E-state index in [1.165, 1.54) is 39.0 Å². The minimum Gasteiger partial charge on any atom is -0.477 e. The highest BCUT2D eigenvalue weighted by atomic mass is 35.5. The van der Waals surface area contributed by atoms with E-state index in [-0.39, 0.29) is 60.7 Å². The van der Waals surface area contributed by atoms with Crippen molar-refractivity contribution in [3.05, 3.63) is 22.8 Å². The Morgan fingerprint density at radius 1 is 1.31 bits per heavy atom. The van der Waals surface area contributed by atoms with Gasteiger partial charge in [0.1, 0.15) is 24.4 Å². The zero-order valence-corrected chi connectivity index (χ0v) is 21.9. The molecule has 1 aromatic heterocycles. The van der Waals surface area contributed by atoms with Gasteiger partial charge in [0.15, 0.2) is 5.13 Å². The minimum atomic E-state index is -1.15. The Labute approximate surface area is 222 Å². The number of carbonyl (C=O) groups excluding carboxylic acids is 3. The van der Waals surface area contributed by atoms with Crippen LogP contribution in [0.1, 0.15) is 5.69 Å². The topological polar surface area (TPSA) is 158 Å². The number of amides is 3. The maximum Gasteiger partial charge on any atom is 0.411 e. The fraction of sp³-hybridized carbons (Fsp3) is 0.526. The van der Waals surface area contributed by atoms with Crippen LogP contribution in [-0.2, 0) is 25.5 Å². The maximum absolute atomic E-state index is 12.8. The molecule has 0 saturated carbocycles. The summed E-state index contributed by atoms with van der Waals surface area (Å²) in [5.41, 5.74) is 6.13. The van der Waals surface area contributed by atoms with E-state index in [1.54, 1.807) is 5.38 Å². The van der Waals surface area contributed by atoms with Crippen LogP contribution in [0.2, 0.25) is 0 Å². The van der Waals surface area contributed by atoms with Gasteiger partial charge in [0.05, 0.1) is 17.5 Å². The molecule has 3 unspecified atom stereocenters. The molecule has 4 N–H and O–H groups in total. The Morgan fingerprint density at radius 3 is 2.71 bits per heavy atom. The molecule has 3 amide bonds. The third-order valence-corrected chi connectivity index (χ3v) is 7.58. The summed E-state index contributed by atoms with van der Waals surface area (Å²) in [4.78, 5) is 57.8. The lowest BCUT2D eigenvalue weighted by Gasteiger charge is -2.48. The Balaban J connectivity index is 0.00000216. The van der Waals surface area contributed by atoms with Crippen molar-refractivity contribution in [3.63, 3.8) is 0 Å². The first kappa shape index (κ1) is 29.0. The van der Waals surface area contributed by atoms with Gasteiger partial charge in [-0.05, 0) is 13.1 Å². The number of halogens is 2. The number of nitrogens with two attached hydrogens (primary N) is 1. The number of thiazole rings is 1. The molecule has 35 heavy (non-hydrogen) atoms. The average Bonchev–Trinajstić information content (AvgIpc) is 3.17. The number of thioether (sulfide) groups is 1. The number of carbonyl (C=O) groups is 4. The predicted octanol–water partition coefficient (Wildman–Crippen LogP) is 0.438. The van der Waals surface area contributed by atoms with Crippen LogP contribution < -0.4 is 11.1 Å². The van der Waals surface area contributed by atoms with Gasteiger partial charge in [-0.25, -0.2) is 14.6 Å². The second kappa shape index (κ2) is 12.1. The molecule has 16 heteroatoms. The highest BCUT2D eigenvalue weighted by Gasteiger charge is 2.52. The normalized spacial score (nSPS) is 23.6. The molecule has 4 heterocycles. The van der Waals surface area contributed by atoms with Crippen LogP contribution in [0.15, 0.2) is 17.2 Å². The van der Waals surface area contributed by atoms with Gasteiger partial charge in [-0.3, -0.25) is 19.4 Å². The number of likely N-dealkylation sites (N-methyl/N-ethyl adjacent to an activating group) is 1. The van der Waals surface area contributed by atoms with Crippen molar-refractivity contribution >= 4 is 76.9 Å². The Bertz CT molecular complexity index is 1010. The molecular weight excluding hydrogens is 543 g/mol.